The van der Waals surface area contributed by atoms with Gasteiger partial charge in [-0.15, -0.1) is 0 Å². The molecule has 0 aromatic carbocycles. The third-order valence-corrected chi connectivity index (χ3v) is 2.91. The van der Waals surface area contributed by atoms with Gasteiger partial charge in [0, 0.05) is 19.0 Å². The molecule has 1 N–H and O–H groups in total. The summed E-state index contributed by atoms with van der Waals surface area (Å²) in [4.78, 5) is 20.3. The van der Waals surface area contributed by atoms with Crippen molar-refractivity contribution in [2.45, 2.75) is 12.8 Å². The molecule has 2 aromatic rings. The first-order chi connectivity index (χ1) is 9.81. The van der Waals surface area contributed by atoms with E-state index in [4.69, 9.17) is 4.42 Å². The highest BCUT2D eigenvalue weighted by Gasteiger charge is 2.19. The van der Waals surface area contributed by atoms with Gasteiger partial charge in [0.05, 0.1) is 12.0 Å². The van der Waals surface area contributed by atoms with E-state index in [1.54, 1.807) is 18.5 Å². The third kappa shape index (κ3) is 2.83. The lowest BCUT2D eigenvalue weighted by Crippen LogP contribution is -2.24. The van der Waals surface area contributed by atoms with Crippen LogP contribution < -0.4 is 5.32 Å². The number of hydrogen-bond donors (Lipinski definition) is 1. The maximum atomic E-state index is 11.8. The fraction of sp³-hybridized carbons (Fsp3) is 0.133. The van der Waals surface area contributed by atoms with Crippen molar-refractivity contribution in [1.29, 1.82) is 0 Å². The second-order valence-corrected chi connectivity index (χ2v) is 4.38. The molecule has 0 saturated heterocycles. The number of aromatic nitrogens is 1. The molecule has 3 rings (SSSR count). The first-order valence-corrected chi connectivity index (χ1v) is 6.35. The Balaban J connectivity index is 1.70. The number of carbonyl (C=O) groups is 1. The standard InChI is InChI=1S/C15H13N3O2/c19-15-13(10-11-4-1-2-8-16-11)17-14(18-15)7-6-12-5-3-9-20-12/h1-5,8-10H,6-7H2,(H,17,18,19)/b13-10+. The number of aryl methyl sites for hydroxylation is 1. The number of nitrogens with zero attached hydrogens (tertiary/aromatic N) is 2. The fourth-order valence-corrected chi connectivity index (χ4v) is 1.93. The van der Waals surface area contributed by atoms with Gasteiger partial charge < -0.3 is 9.73 Å². The molecule has 1 amide bonds. The van der Waals surface area contributed by atoms with Crippen LogP contribution in [-0.4, -0.2) is 16.7 Å². The average molecular weight is 267 g/mol. The van der Waals surface area contributed by atoms with Gasteiger partial charge in [-0.1, -0.05) is 6.07 Å². The van der Waals surface area contributed by atoms with Crippen LogP contribution in [0.3, 0.4) is 0 Å². The molecule has 1 aliphatic rings. The van der Waals surface area contributed by atoms with Crippen molar-refractivity contribution < 1.29 is 9.21 Å². The van der Waals surface area contributed by atoms with Crippen molar-refractivity contribution >= 4 is 17.8 Å². The van der Waals surface area contributed by atoms with E-state index in [0.717, 1.165) is 5.76 Å². The van der Waals surface area contributed by atoms with Crippen LogP contribution in [0.5, 0.6) is 0 Å². The number of rotatable bonds is 4. The zero-order valence-electron chi connectivity index (χ0n) is 10.7. The predicted molar refractivity (Wildman–Crippen MR) is 74.8 cm³/mol. The monoisotopic (exact) mass is 267 g/mol. The largest absolute Gasteiger partial charge is 0.469 e. The van der Waals surface area contributed by atoms with Crippen molar-refractivity contribution in [3.05, 3.63) is 59.9 Å². The van der Waals surface area contributed by atoms with E-state index in [1.807, 2.05) is 30.3 Å². The summed E-state index contributed by atoms with van der Waals surface area (Å²) in [5, 5.41) is 2.76. The minimum Gasteiger partial charge on any atom is -0.469 e. The van der Waals surface area contributed by atoms with Crippen LogP contribution in [0.25, 0.3) is 6.08 Å². The lowest BCUT2D eigenvalue weighted by molar-refractivity contribution is -0.115. The summed E-state index contributed by atoms with van der Waals surface area (Å²) in [5.41, 5.74) is 1.10. The smallest absolute Gasteiger partial charge is 0.275 e. The molecule has 0 spiro atoms. The number of hydrogen-bond acceptors (Lipinski definition) is 4. The molecular weight excluding hydrogens is 254 g/mol. The van der Waals surface area contributed by atoms with Crippen LogP contribution >= 0.6 is 0 Å². The van der Waals surface area contributed by atoms with Gasteiger partial charge >= 0.3 is 0 Å². The molecule has 0 radical (unpaired) electrons. The molecule has 0 atom stereocenters. The summed E-state index contributed by atoms with van der Waals surface area (Å²) >= 11 is 0. The Morgan fingerprint density at radius 1 is 1.20 bits per heavy atom. The maximum Gasteiger partial charge on any atom is 0.275 e. The Kier molecular flexibility index (Phi) is 3.41. The second-order valence-electron chi connectivity index (χ2n) is 4.38. The van der Waals surface area contributed by atoms with E-state index in [0.29, 0.717) is 30.1 Å². The van der Waals surface area contributed by atoms with Crippen molar-refractivity contribution in [1.82, 2.24) is 10.3 Å². The minimum absolute atomic E-state index is 0.190. The van der Waals surface area contributed by atoms with Gasteiger partial charge in [0.2, 0.25) is 0 Å². The number of nitrogens with one attached hydrogen (secondary N) is 1. The summed E-state index contributed by atoms with van der Waals surface area (Å²) in [6.45, 7) is 0. The Hall–Kier alpha value is -2.69. The molecule has 20 heavy (non-hydrogen) atoms. The zero-order chi connectivity index (χ0) is 13.8. The Morgan fingerprint density at radius 3 is 2.90 bits per heavy atom. The van der Waals surface area contributed by atoms with Crippen LogP contribution in [0.4, 0.5) is 0 Å². The van der Waals surface area contributed by atoms with E-state index >= 15 is 0 Å². The van der Waals surface area contributed by atoms with Crippen molar-refractivity contribution in [3.63, 3.8) is 0 Å². The van der Waals surface area contributed by atoms with E-state index in [-0.39, 0.29) is 5.91 Å². The summed E-state index contributed by atoms with van der Waals surface area (Å²) < 4.78 is 5.25. The SMILES string of the molecule is O=C1NC(CCc2ccco2)=N/C1=C/c1ccccn1. The molecule has 0 saturated carbocycles. The molecule has 1 aliphatic heterocycles. The van der Waals surface area contributed by atoms with E-state index in [9.17, 15) is 4.79 Å². The van der Waals surface area contributed by atoms with Crippen LogP contribution in [-0.2, 0) is 11.2 Å². The number of aliphatic imine (C=N–C) groups is 1. The molecule has 0 fully saturated rings. The van der Waals surface area contributed by atoms with Gasteiger partial charge in [0.1, 0.15) is 17.3 Å². The molecule has 5 heteroatoms. The number of furan rings is 1. The molecule has 3 heterocycles. The first kappa shape index (κ1) is 12.3. The first-order valence-electron chi connectivity index (χ1n) is 6.35. The highest BCUT2D eigenvalue weighted by Crippen LogP contribution is 2.13. The highest BCUT2D eigenvalue weighted by atomic mass is 16.3. The van der Waals surface area contributed by atoms with Crippen LogP contribution in [0, 0.1) is 0 Å². The fourth-order valence-electron chi connectivity index (χ4n) is 1.93. The predicted octanol–water partition coefficient (Wildman–Crippen LogP) is 2.18. The van der Waals surface area contributed by atoms with Gasteiger partial charge in [0.25, 0.3) is 5.91 Å². The lowest BCUT2D eigenvalue weighted by atomic mass is 10.2. The number of amides is 1. The Labute approximate surface area is 116 Å². The molecule has 0 bridgehead atoms. The number of pyridine rings is 1. The van der Waals surface area contributed by atoms with Crippen LogP contribution in [0.1, 0.15) is 17.9 Å². The molecule has 0 aliphatic carbocycles. The highest BCUT2D eigenvalue weighted by molar-refractivity contribution is 6.14. The average Bonchev–Trinajstić information content (AvgIpc) is 3.08. The summed E-state index contributed by atoms with van der Waals surface area (Å²) in [5.74, 6) is 1.35. The van der Waals surface area contributed by atoms with Gasteiger partial charge in [0.15, 0.2) is 0 Å². The summed E-state index contributed by atoms with van der Waals surface area (Å²) in [7, 11) is 0. The Morgan fingerprint density at radius 2 is 2.15 bits per heavy atom. The summed E-state index contributed by atoms with van der Waals surface area (Å²) in [6, 6.07) is 9.28. The lowest BCUT2D eigenvalue weighted by Gasteiger charge is -1.97. The third-order valence-electron chi connectivity index (χ3n) is 2.91. The maximum absolute atomic E-state index is 11.8. The quantitative estimate of drug-likeness (QED) is 0.863. The van der Waals surface area contributed by atoms with Gasteiger partial charge in [-0.05, 0) is 30.3 Å². The second kappa shape index (κ2) is 5.52. The van der Waals surface area contributed by atoms with Crippen molar-refractivity contribution in [3.8, 4) is 0 Å². The summed E-state index contributed by atoms with van der Waals surface area (Å²) in [6.07, 6.45) is 6.34. The molecule has 5 nitrogen and oxygen atoms in total. The Bertz CT molecular complexity index is 658. The van der Waals surface area contributed by atoms with Gasteiger partial charge in [-0.3, -0.25) is 9.78 Å². The van der Waals surface area contributed by atoms with Crippen LogP contribution in [0.15, 0.2) is 57.9 Å². The zero-order valence-corrected chi connectivity index (χ0v) is 10.7. The molecular formula is C15H13N3O2. The van der Waals surface area contributed by atoms with Gasteiger partial charge in [-0.2, -0.15) is 0 Å². The van der Waals surface area contributed by atoms with Crippen molar-refractivity contribution in [2.24, 2.45) is 4.99 Å². The van der Waals surface area contributed by atoms with Crippen LogP contribution in [0.2, 0.25) is 0 Å². The number of carbonyl (C=O) groups excluding carboxylic acids is 1. The van der Waals surface area contributed by atoms with E-state index in [1.165, 1.54) is 0 Å². The van der Waals surface area contributed by atoms with Gasteiger partial charge in [-0.25, -0.2) is 4.99 Å². The van der Waals surface area contributed by atoms with E-state index < -0.39 is 0 Å². The van der Waals surface area contributed by atoms with E-state index in [2.05, 4.69) is 15.3 Å². The number of amidine groups is 1. The molecule has 2 aromatic heterocycles. The molecule has 0 unspecified atom stereocenters. The topological polar surface area (TPSA) is 67.5 Å². The minimum atomic E-state index is -0.190. The van der Waals surface area contributed by atoms with Crippen molar-refractivity contribution in [2.75, 3.05) is 0 Å². The normalized spacial score (nSPS) is 16.3. The molecule has 100 valence electrons.